The Morgan fingerprint density at radius 3 is 2.60 bits per heavy atom. The average Bonchev–Trinajstić information content (AvgIpc) is 2.89. The van der Waals surface area contributed by atoms with Gasteiger partial charge in [-0.2, -0.15) is 0 Å². The summed E-state index contributed by atoms with van der Waals surface area (Å²) < 4.78 is 0.690. The zero-order valence-corrected chi connectivity index (χ0v) is 14.6. The molecule has 2 rings (SSSR count). The van der Waals surface area contributed by atoms with E-state index in [0.29, 0.717) is 25.7 Å². The molecule has 1 aliphatic rings. The normalized spacial score (nSPS) is 17.2. The molecule has 0 heterocycles. The fourth-order valence-corrected chi connectivity index (χ4v) is 3.65. The third kappa shape index (κ3) is 3.59. The van der Waals surface area contributed by atoms with Crippen LogP contribution in [0.5, 0.6) is 0 Å². The van der Waals surface area contributed by atoms with E-state index in [1.165, 1.54) is 0 Å². The fraction of sp³-hybridized carbons (Fsp3) is 0.500. The summed E-state index contributed by atoms with van der Waals surface area (Å²) in [5.74, 6) is -0.196. The summed E-state index contributed by atoms with van der Waals surface area (Å²) in [5, 5.41) is 13.4. The number of amides is 1. The van der Waals surface area contributed by atoms with Gasteiger partial charge < -0.3 is 10.4 Å². The van der Waals surface area contributed by atoms with Gasteiger partial charge in [-0.3, -0.25) is 4.79 Å². The summed E-state index contributed by atoms with van der Waals surface area (Å²) in [5.41, 5.74) is 0.318. The van der Waals surface area contributed by atoms with Crippen molar-refractivity contribution in [3.63, 3.8) is 0 Å². The molecule has 1 aromatic rings. The smallest absolute Gasteiger partial charge is 0.252 e. The number of halogens is 3. The summed E-state index contributed by atoms with van der Waals surface area (Å²) in [6.07, 6.45) is 4.13. The lowest BCUT2D eigenvalue weighted by atomic mass is 9.87. The first kappa shape index (κ1) is 16.3. The van der Waals surface area contributed by atoms with Crippen molar-refractivity contribution in [2.75, 3.05) is 13.2 Å². The van der Waals surface area contributed by atoms with Crippen LogP contribution in [0, 0.1) is 8.99 Å². The van der Waals surface area contributed by atoms with Crippen LogP contribution in [0.15, 0.2) is 12.1 Å². The predicted octanol–water partition coefficient (Wildman–Crippen LogP) is 3.88. The Balaban J connectivity index is 2.09. The van der Waals surface area contributed by atoms with Crippen LogP contribution >= 0.6 is 45.8 Å². The van der Waals surface area contributed by atoms with Gasteiger partial charge in [0, 0.05) is 20.6 Å². The van der Waals surface area contributed by atoms with Gasteiger partial charge in [0.25, 0.3) is 5.91 Å². The molecule has 1 saturated carbocycles. The van der Waals surface area contributed by atoms with Crippen LogP contribution in [0.3, 0.4) is 0 Å². The van der Waals surface area contributed by atoms with E-state index >= 15 is 0 Å². The average molecular weight is 428 g/mol. The van der Waals surface area contributed by atoms with E-state index in [1.54, 1.807) is 12.1 Å². The molecule has 1 fully saturated rings. The van der Waals surface area contributed by atoms with Gasteiger partial charge in [-0.15, -0.1) is 0 Å². The molecule has 2 N–H and O–H groups in total. The van der Waals surface area contributed by atoms with Gasteiger partial charge in [0.2, 0.25) is 0 Å². The van der Waals surface area contributed by atoms with E-state index in [0.717, 1.165) is 25.7 Å². The second kappa shape index (κ2) is 6.81. The number of carbonyl (C=O) groups is 1. The summed E-state index contributed by atoms with van der Waals surface area (Å²) in [4.78, 5) is 12.3. The molecule has 1 aliphatic carbocycles. The molecule has 1 aromatic carbocycles. The molecule has 0 radical (unpaired) electrons. The second-order valence-corrected chi connectivity index (χ2v) is 7.22. The van der Waals surface area contributed by atoms with Gasteiger partial charge in [0.15, 0.2) is 0 Å². The molecule has 20 heavy (non-hydrogen) atoms. The lowest BCUT2D eigenvalue weighted by Crippen LogP contribution is -2.38. The minimum atomic E-state index is -0.196. The number of nitrogens with one attached hydrogen (secondary N) is 1. The van der Waals surface area contributed by atoms with Crippen molar-refractivity contribution >= 4 is 51.7 Å². The lowest BCUT2D eigenvalue weighted by Gasteiger charge is -2.26. The number of benzene rings is 1. The fourth-order valence-electron chi connectivity index (χ4n) is 2.60. The van der Waals surface area contributed by atoms with Crippen molar-refractivity contribution in [1.29, 1.82) is 0 Å². The molecule has 3 nitrogen and oxygen atoms in total. The molecule has 0 spiro atoms. The van der Waals surface area contributed by atoms with E-state index in [9.17, 15) is 9.90 Å². The Kier molecular flexibility index (Phi) is 5.56. The van der Waals surface area contributed by atoms with Gasteiger partial charge in [-0.05, 0) is 47.6 Å². The zero-order chi connectivity index (χ0) is 14.8. The van der Waals surface area contributed by atoms with Crippen LogP contribution in [-0.4, -0.2) is 24.2 Å². The standard InChI is InChI=1S/C14H16Cl2INO2/c15-9-5-10(12(17)11(16)6-9)13(20)18-7-14(8-19)3-1-2-4-14/h5-6,19H,1-4,7-8H2,(H,18,20). The van der Waals surface area contributed by atoms with Gasteiger partial charge in [-0.25, -0.2) is 0 Å². The minimum Gasteiger partial charge on any atom is -0.396 e. The molecule has 0 atom stereocenters. The van der Waals surface area contributed by atoms with Crippen LogP contribution in [0.25, 0.3) is 0 Å². The van der Waals surface area contributed by atoms with E-state index in [2.05, 4.69) is 5.32 Å². The summed E-state index contributed by atoms with van der Waals surface area (Å²) in [6, 6.07) is 3.23. The molecule has 0 saturated heterocycles. The first-order valence-electron chi connectivity index (χ1n) is 6.51. The highest BCUT2D eigenvalue weighted by molar-refractivity contribution is 14.1. The van der Waals surface area contributed by atoms with E-state index in [-0.39, 0.29) is 17.9 Å². The number of hydrogen-bond acceptors (Lipinski definition) is 2. The van der Waals surface area contributed by atoms with Crippen LogP contribution in [0.2, 0.25) is 10.0 Å². The van der Waals surface area contributed by atoms with Crippen molar-refractivity contribution in [2.24, 2.45) is 5.41 Å². The molecule has 0 aromatic heterocycles. The van der Waals surface area contributed by atoms with Crippen molar-refractivity contribution in [3.05, 3.63) is 31.3 Å². The first-order chi connectivity index (χ1) is 9.47. The highest BCUT2D eigenvalue weighted by Gasteiger charge is 2.33. The predicted molar refractivity (Wildman–Crippen MR) is 89.5 cm³/mol. The lowest BCUT2D eigenvalue weighted by molar-refractivity contribution is 0.0880. The number of aliphatic hydroxyl groups excluding tert-OH is 1. The molecule has 0 unspecified atom stereocenters. The molecule has 1 amide bonds. The zero-order valence-electron chi connectivity index (χ0n) is 10.9. The highest BCUT2D eigenvalue weighted by Crippen LogP contribution is 2.37. The quantitative estimate of drug-likeness (QED) is 0.565. The number of carbonyl (C=O) groups excluding carboxylic acids is 1. The number of rotatable bonds is 4. The maximum Gasteiger partial charge on any atom is 0.252 e. The maximum absolute atomic E-state index is 12.3. The van der Waals surface area contributed by atoms with Crippen molar-refractivity contribution in [3.8, 4) is 0 Å². The van der Waals surface area contributed by atoms with Crippen LogP contribution in [-0.2, 0) is 0 Å². The Bertz CT molecular complexity index is 516. The Hall–Kier alpha value is -0.0400. The van der Waals surface area contributed by atoms with Gasteiger partial charge in [-0.1, -0.05) is 36.0 Å². The second-order valence-electron chi connectivity index (χ2n) is 5.30. The molecule has 0 bridgehead atoms. The van der Waals surface area contributed by atoms with Crippen molar-refractivity contribution in [2.45, 2.75) is 25.7 Å². The SMILES string of the molecule is O=C(NCC1(CO)CCCC1)c1cc(Cl)cc(Cl)c1I. The minimum absolute atomic E-state index is 0.112. The van der Waals surface area contributed by atoms with Gasteiger partial charge in [0.05, 0.1) is 17.2 Å². The van der Waals surface area contributed by atoms with E-state index < -0.39 is 0 Å². The Morgan fingerprint density at radius 1 is 1.35 bits per heavy atom. The number of hydrogen-bond donors (Lipinski definition) is 2. The summed E-state index contributed by atoms with van der Waals surface area (Å²) >= 11 is 14.0. The number of aliphatic hydroxyl groups is 1. The van der Waals surface area contributed by atoms with Gasteiger partial charge >= 0.3 is 0 Å². The monoisotopic (exact) mass is 427 g/mol. The van der Waals surface area contributed by atoms with E-state index in [4.69, 9.17) is 23.2 Å². The largest absolute Gasteiger partial charge is 0.396 e. The molecular weight excluding hydrogens is 412 g/mol. The van der Waals surface area contributed by atoms with Crippen LogP contribution in [0.1, 0.15) is 36.0 Å². The first-order valence-corrected chi connectivity index (χ1v) is 8.34. The third-order valence-electron chi connectivity index (χ3n) is 3.86. The van der Waals surface area contributed by atoms with Crippen molar-refractivity contribution < 1.29 is 9.90 Å². The molecule has 6 heteroatoms. The molecule has 0 aliphatic heterocycles. The topological polar surface area (TPSA) is 49.3 Å². The third-order valence-corrected chi connectivity index (χ3v) is 5.86. The summed E-state index contributed by atoms with van der Waals surface area (Å²) in [6.45, 7) is 0.600. The Morgan fingerprint density at radius 2 is 2.00 bits per heavy atom. The van der Waals surface area contributed by atoms with Crippen LogP contribution in [0.4, 0.5) is 0 Å². The Labute approximate surface area is 142 Å². The molecular formula is C14H16Cl2INO2. The van der Waals surface area contributed by atoms with Crippen molar-refractivity contribution in [1.82, 2.24) is 5.32 Å². The van der Waals surface area contributed by atoms with Crippen LogP contribution < -0.4 is 5.32 Å². The summed E-state index contributed by atoms with van der Waals surface area (Å²) in [7, 11) is 0. The van der Waals surface area contributed by atoms with Gasteiger partial charge in [0.1, 0.15) is 0 Å². The maximum atomic E-state index is 12.3. The van der Waals surface area contributed by atoms with E-state index in [1.807, 2.05) is 22.6 Å². The highest BCUT2D eigenvalue weighted by atomic mass is 127. The molecule has 110 valence electrons.